The number of hydrogen-bond donors (Lipinski definition) is 3. The first-order valence-corrected chi connectivity index (χ1v) is 17.0. The van der Waals surface area contributed by atoms with Crippen molar-refractivity contribution in [2.75, 3.05) is 52.6 Å². The number of piperazine rings is 1. The van der Waals surface area contributed by atoms with Crippen LogP contribution in [0.1, 0.15) is 83.1 Å². The lowest BCUT2D eigenvalue weighted by Gasteiger charge is -2.33. The number of carbonyl (C=O) groups is 4. The second-order valence-corrected chi connectivity index (χ2v) is 14.2. The summed E-state index contributed by atoms with van der Waals surface area (Å²) in [4.78, 5) is 50.4. The molecule has 0 aromatic heterocycles. The van der Waals surface area contributed by atoms with E-state index in [2.05, 4.69) is 39.8 Å². The Morgan fingerprint density at radius 2 is 1.59 bits per heavy atom. The number of hydrogen-bond acceptors (Lipinski definition) is 7. The van der Waals surface area contributed by atoms with Crippen LogP contribution in [0.25, 0.3) is 0 Å². The Morgan fingerprint density at radius 1 is 0.957 bits per heavy atom. The predicted molar refractivity (Wildman–Crippen MR) is 175 cm³/mol. The van der Waals surface area contributed by atoms with Crippen molar-refractivity contribution in [3.63, 3.8) is 0 Å². The maximum absolute atomic E-state index is 13.9. The molecule has 0 radical (unpaired) electrons. The first kappa shape index (κ1) is 35.9. The van der Waals surface area contributed by atoms with Crippen molar-refractivity contribution in [2.45, 2.75) is 101 Å². The lowest BCUT2D eigenvalue weighted by Crippen LogP contribution is -2.47. The molecule has 3 N–H and O–H groups in total. The average molecular weight is 646 g/mol. The number of nitrogens with one attached hydrogen (secondary N) is 3. The molecule has 6 rings (SSSR count). The second kappa shape index (κ2) is 15.3. The predicted octanol–water partition coefficient (Wildman–Crippen LogP) is 4.00. The molecule has 46 heavy (non-hydrogen) atoms. The van der Waals surface area contributed by atoms with Crippen LogP contribution in [-0.2, 0) is 24.6 Å². The number of rotatable bonds is 10. The molecule has 5 fully saturated rings. The quantitative estimate of drug-likeness (QED) is 0.330. The Bertz CT molecular complexity index is 1220. The van der Waals surface area contributed by atoms with Crippen molar-refractivity contribution in [2.24, 2.45) is 11.3 Å². The summed E-state index contributed by atoms with van der Waals surface area (Å²) < 4.78 is 27.5. The van der Waals surface area contributed by atoms with Crippen LogP contribution in [0.5, 0.6) is 0 Å². The van der Waals surface area contributed by atoms with E-state index < -0.39 is 29.1 Å². The second-order valence-electron chi connectivity index (χ2n) is 14.2. The highest BCUT2D eigenvalue weighted by atomic mass is 19.1. The third-order valence-electron chi connectivity index (χ3n) is 10.7. The lowest BCUT2D eigenvalue weighted by atomic mass is 9.76. The number of likely N-dealkylation sites (N-methyl/N-ethyl adjacent to an activating group) is 2. The van der Waals surface area contributed by atoms with E-state index in [-0.39, 0.29) is 17.6 Å². The van der Waals surface area contributed by atoms with E-state index in [0.29, 0.717) is 30.4 Å². The van der Waals surface area contributed by atoms with E-state index >= 15 is 0 Å². The number of anilines is 1. The number of amides is 2. The summed E-state index contributed by atoms with van der Waals surface area (Å²) in [7, 11) is 6.00. The smallest absolute Gasteiger partial charge is 0.258 e. The topological polar surface area (TPSA) is 111 Å². The highest BCUT2D eigenvalue weighted by molar-refractivity contribution is 5.89. The molecule has 4 saturated carbocycles. The van der Waals surface area contributed by atoms with Gasteiger partial charge in [-0.25, -0.2) is 8.78 Å². The van der Waals surface area contributed by atoms with Crippen LogP contribution in [-0.4, -0.2) is 99.3 Å². The van der Waals surface area contributed by atoms with E-state index in [0.717, 1.165) is 50.2 Å². The maximum Gasteiger partial charge on any atom is 0.258 e. The summed E-state index contributed by atoms with van der Waals surface area (Å²) in [6, 6.07) is 3.86. The maximum atomic E-state index is 13.9. The molecular formula is C35H53F2N5O4. The molecule has 11 heteroatoms. The molecule has 0 bridgehead atoms. The zero-order valence-electron chi connectivity index (χ0n) is 28.0. The molecule has 1 heterocycles. The highest BCUT2D eigenvalue weighted by Crippen LogP contribution is 2.58. The summed E-state index contributed by atoms with van der Waals surface area (Å²) in [6.45, 7) is 6.66. The van der Waals surface area contributed by atoms with Gasteiger partial charge in [0.1, 0.15) is 18.4 Å². The number of benzene rings is 1. The van der Waals surface area contributed by atoms with Gasteiger partial charge in [0, 0.05) is 45.1 Å². The number of nitrogens with zero attached hydrogens (tertiary/aromatic N) is 2. The van der Waals surface area contributed by atoms with Crippen molar-refractivity contribution in [3.05, 3.63) is 29.6 Å². The van der Waals surface area contributed by atoms with Crippen LogP contribution in [0.2, 0.25) is 0 Å². The molecule has 256 valence electrons. The molecule has 1 aromatic carbocycles. The fourth-order valence-corrected chi connectivity index (χ4v) is 6.74. The highest BCUT2D eigenvalue weighted by Gasteiger charge is 2.53. The van der Waals surface area contributed by atoms with E-state index in [1.807, 2.05) is 6.07 Å². The van der Waals surface area contributed by atoms with Crippen LogP contribution in [0.4, 0.5) is 14.5 Å². The zero-order valence-corrected chi connectivity index (χ0v) is 28.0. The molecule has 1 aliphatic heterocycles. The number of carbonyl (C=O) groups excluding carboxylic acids is 4. The Labute approximate surface area is 272 Å². The summed E-state index contributed by atoms with van der Waals surface area (Å²) in [5.74, 6) is -0.872. The first-order valence-electron chi connectivity index (χ1n) is 17.0. The van der Waals surface area contributed by atoms with Crippen LogP contribution in [0, 0.1) is 17.2 Å². The van der Waals surface area contributed by atoms with E-state index in [1.165, 1.54) is 51.5 Å². The van der Waals surface area contributed by atoms with Gasteiger partial charge in [0.05, 0.1) is 17.8 Å². The Hall–Kier alpha value is -2.92. The van der Waals surface area contributed by atoms with Gasteiger partial charge in [-0.15, -0.1) is 0 Å². The van der Waals surface area contributed by atoms with E-state index in [9.17, 15) is 28.0 Å². The molecule has 1 aromatic rings. The zero-order chi connectivity index (χ0) is 33.5. The molecule has 5 aliphatic rings. The molecule has 2 amide bonds. The number of halogens is 2. The lowest BCUT2D eigenvalue weighted by molar-refractivity contribution is -0.130. The van der Waals surface area contributed by atoms with Gasteiger partial charge in [-0.05, 0) is 101 Å². The van der Waals surface area contributed by atoms with Gasteiger partial charge in [0.25, 0.3) is 5.91 Å². The minimum atomic E-state index is -1.67. The van der Waals surface area contributed by atoms with Gasteiger partial charge >= 0.3 is 0 Å². The van der Waals surface area contributed by atoms with Gasteiger partial charge in [-0.1, -0.05) is 19.4 Å². The average Bonchev–Trinajstić information content (AvgIpc) is 3.98. The third kappa shape index (κ3) is 9.12. The SMILES string of the molecule is CCC(=O)NC(C=O)C1(c2ccc(NC)c(F)c2)CC1.CN1CCN(C)CC1.O=CC(NC(=O)C1(F)CC1)C1CCCC2(CC2)C1. The van der Waals surface area contributed by atoms with Gasteiger partial charge in [0.2, 0.25) is 5.91 Å². The minimum Gasteiger partial charge on any atom is -0.386 e. The van der Waals surface area contributed by atoms with E-state index in [4.69, 9.17) is 0 Å². The Balaban J connectivity index is 0.000000170. The molecule has 3 unspecified atom stereocenters. The monoisotopic (exact) mass is 645 g/mol. The van der Waals surface area contributed by atoms with Crippen LogP contribution >= 0.6 is 0 Å². The normalized spacial score (nSPS) is 24.8. The van der Waals surface area contributed by atoms with Crippen molar-refractivity contribution in [1.82, 2.24) is 20.4 Å². The number of alkyl halides is 1. The fourth-order valence-electron chi connectivity index (χ4n) is 6.74. The van der Waals surface area contributed by atoms with Crippen molar-refractivity contribution >= 4 is 30.1 Å². The molecule has 9 nitrogen and oxygen atoms in total. The largest absolute Gasteiger partial charge is 0.386 e. The summed E-state index contributed by atoms with van der Waals surface area (Å²) in [5.41, 5.74) is -0.471. The molecule has 3 atom stereocenters. The molecule has 1 saturated heterocycles. The van der Waals surface area contributed by atoms with Gasteiger partial charge < -0.3 is 35.3 Å². The molecular weight excluding hydrogens is 592 g/mol. The molecule has 1 spiro atoms. The van der Waals surface area contributed by atoms with Gasteiger partial charge in [-0.2, -0.15) is 0 Å². The van der Waals surface area contributed by atoms with Gasteiger partial charge in [0.15, 0.2) is 5.67 Å². The van der Waals surface area contributed by atoms with Crippen LogP contribution in [0.3, 0.4) is 0 Å². The summed E-state index contributed by atoms with van der Waals surface area (Å²) >= 11 is 0. The fraction of sp³-hybridized carbons (Fsp3) is 0.714. The minimum absolute atomic E-state index is 0.166. The van der Waals surface area contributed by atoms with Crippen molar-refractivity contribution in [1.29, 1.82) is 0 Å². The third-order valence-corrected chi connectivity index (χ3v) is 10.7. The standard InChI is InChI=1S/C15H19FN2O2.C14H20FNO2.C6H14N2/c1-3-14(20)18-13(9-19)15(6-7-15)10-4-5-12(17-2)11(16)8-10;15-14(6-7-14)12(18)16-11(9-17)10-2-1-3-13(8-10)4-5-13;1-7-3-5-8(2)6-4-7/h4-5,8-9,13,17H,3,6-7H2,1-2H3,(H,18,20);9-11H,1-8H2,(H,16,18);3-6H2,1-2H3. The Kier molecular flexibility index (Phi) is 12.0. The van der Waals surface area contributed by atoms with Gasteiger partial charge in [-0.3, -0.25) is 9.59 Å². The van der Waals surface area contributed by atoms with Crippen LogP contribution in [0.15, 0.2) is 18.2 Å². The number of aldehydes is 2. The van der Waals surface area contributed by atoms with Crippen LogP contribution < -0.4 is 16.0 Å². The van der Waals surface area contributed by atoms with Crippen molar-refractivity contribution < 1.29 is 28.0 Å². The first-order chi connectivity index (χ1) is 21.9. The Morgan fingerprint density at radius 3 is 2.04 bits per heavy atom. The summed E-state index contributed by atoms with van der Waals surface area (Å²) in [6.07, 6.45) is 11.0. The van der Waals surface area contributed by atoms with E-state index in [1.54, 1.807) is 20.0 Å². The molecule has 4 aliphatic carbocycles. The summed E-state index contributed by atoms with van der Waals surface area (Å²) in [5, 5.41) is 8.11. The van der Waals surface area contributed by atoms with Crippen molar-refractivity contribution in [3.8, 4) is 0 Å².